The number of rotatable bonds is 7. The van der Waals surface area contributed by atoms with Crippen molar-refractivity contribution in [2.45, 2.75) is 70.9 Å². The normalized spacial score (nSPS) is 16.0. The van der Waals surface area contributed by atoms with Crippen LogP contribution in [0.5, 0.6) is 0 Å². The zero-order valence-corrected chi connectivity index (χ0v) is 17.2. The van der Waals surface area contributed by atoms with Gasteiger partial charge in [-0.2, -0.15) is 13.2 Å². The van der Waals surface area contributed by atoms with Crippen molar-refractivity contribution in [1.29, 1.82) is 0 Å². The largest absolute Gasteiger partial charge is 0.419 e. The van der Waals surface area contributed by atoms with Gasteiger partial charge in [0, 0.05) is 0 Å². The van der Waals surface area contributed by atoms with Crippen molar-refractivity contribution in [2.75, 3.05) is 0 Å². The van der Waals surface area contributed by atoms with Crippen LogP contribution in [0.4, 0.5) is 13.2 Å². The fourth-order valence-electron chi connectivity index (χ4n) is 3.66. The molecule has 0 saturated heterocycles. The summed E-state index contributed by atoms with van der Waals surface area (Å²) in [5.41, 5.74) is -1.43. The maximum Gasteiger partial charge on any atom is 0.419 e. The van der Waals surface area contributed by atoms with E-state index in [1.807, 2.05) is 57.2 Å². The standard InChI is InChI=1S/C23H29F3O2/c1-7-22(8-2,28-16(5)21(6,27)23(24,25)26)19-14-13-17-11-9-10-12-18(17)20(19)15(3)4/h9-14,16,27H,3,7-8H2,1-2,4-6H3. The van der Waals surface area contributed by atoms with Gasteiger partial charge >= 0.3 is 6.18 Å². The molecule has 0 aromatic heterocycles. The number of hydrogen-bond acceptors (Lipinski definition) is 2. The summed E-state index contributed by atoms with van der Waals surface area (Å²) < 4.78 is 46.1. The number of hydrogen-bond donors (Lipinski definition) is 1. The average molecular weight is 394 g/mol. The van der Waals surface area contributed by atoms with E-state index >= 15 is 0 Å². The fourth-order valence-corrected chi connectivity index (χ4v) is 3.66. The molecule has 2 atom stereocenters. The molecule has 0 saturated carbocycles. The smallest absolute Gasteiger partial charge is 0.379 e. The number of ether oxygens (including phenoxy) is 1. The lowest BCUT2D eigenvalue weighted by Crippen LogP contribution is -2.54. The first kappa shape index (κ1) is 22.4. The first-order valence-corrected chi connectivity index (χ1v) is 9.56. The van der Waals surface area contributed by atoms with Gasteiger partial charge in [-0.3, -0.25) is 0 Å². The van der Waals surface area contributed by atoms with Gasteiger partial charge in [0.25, 0.3) is 0 Å². The molecule has 2 aromatic rings. The minimum atomic E-state index is -4.79. The SMILES string of the molecule is C=C(C)c1c(C(CC)(CC)OC(C)C(C)(O)C(F)(F)F)ccc2ccccc12. The minimum Gasteiger partial charge on any atom is -0.379 e. The lowest BCUT2D eigenvalue weighted by Gasteiger charge is -2.42. The van der Waals surface area contributed by atoms with Gasteiger partial charge in [-0.25, -0.2) is 0 Å². The van der Waals surface area contributed by atoms with Gasteiger partial charge < -0.3 is 9.84 Å². The Balaban J connectivity index is 2.66. The van der Waals surface area contributed by atoms with Crippen LogP contribution in [0.15, 0.2) is 43.0 Å². The predicted octanol–water partition coefficient (Wildman–Crippen LogP) is 6.61. The lowest BCUT2D eigenvalue weighted by atomic mass is 9.80. The Morgan fingerprint density at radius 2 is 1.68 bits per heavy atom. The van der Waals surface area contributed by atoms with E-state index in [1.54, 1.807) is 0 Å². The van der Waals surface area contributed by atoms with Crippen molar-refractivity contribution in [1.82, 2.24) is 0 Å². The molecule has 0 heterocycles. The Kier molecular flexibility index (Phi) is 6.31. The molecule has 0 fully saturated rings. The van der Waals surface area contributed by atoms with Gasteiger partial charge in [0.1, 0.15) is 0 Å². The summed E-state index contributed by atoms with van der Waals surface area (Å²) in [5, 5.41) is 12.1. The molecule has 0 aliphatic heterocycles. The van der Waals surface area contributed by atoms with E-state index < -0.39 is 23.5 Å². The van der Waals surface area contributed by atoms with Crippen LogP contribution in [-0.4, -0.2) is 23.0 Å². The first-order chi connectivity index (χ1) is 12.9. The van der Waals surface area contributed by atoms with Crippen LogP contribution in [0.1, 0.15) is 58.6 Å². The van der Waals surface area contributed by atoms with Crippen molar-refractivity contribution >= 4 is 16.3 Å². The molecule has 0 radical (unpaired) electrons. The molecule has 0 aliphatic carbocycles. The Morgan fingerprint density at radius 3 is 2.18 bits per heavy atom. The molecule has 2 rings (SSSR count). The summed E-state index contributed by atoms with van der Waals surface area (Å²) >= 11 is 0. The van der Waals surface area contributed by atoms with Crippen molar-refractivity contribution in [3.8, 4) is 0 Å². The molecule has 2 nitrogen and oxygen atoms in total. The van der Waals surface area contributed by atoms with Gasteiger partial charge in [0.05, 0.1) is 11.7 Å². The molecule has 0 amide bonds. The summed E-state index contributed by atoms with van der Waals surface area (Å²) in [6.07, 6.45) is -5.32. The minimum absolute atomic E-state index is 0.459. The highest BCUT2D eigenvalue weighted by Gasteiger charge is 2.55. The Bertz CT molecular complexity index is 849. The summed E-state index contributed by atoms with van der Waals surface area (Å²) in [4.78, 5) is 0. The molecule has 154 valence electrons. The molecule has 0 spiro atoms. The quantitative estimate of drug-likeness (QED) is 0.573. The van der Waals surface area contributed by atoms with Gasteiger partial charge in [0.15, 0.2) is 5.60 Å². The molecule has 0 aliphatic rings. The number of halogens is 3. The monoisotopic (exact) mass is 394 g/mol. The average Bonchev–Trinajstić information content (AvgIpc) is 2.64. The maximum atomic E-state index is 13.3. The van der Waals surface area contributed by atoms with Crippen molar-refractivity contribution < 1.29 is 23.0 Å². The van der Waals surface area contributed by atoms with E-state index in [0.717, 1.165) is 34.4 Å². The summed E-state index contributed by atoms with van der Waals surface area (Å²) in [5.74, 6) is 0. The topological polar surface area (TPSA) is 29.5 Å². The third-order valence-electron chi connectivity index (χ3n) is 5.76. The molecular weight excluding hydrogens is 365 g/mol. The number of allylic oxidation sites excluding steroid dienone is 1. The van der Waals surface area contributed by atoms with E-state index in [0.29, 0.717) is 12.8 Å². The summed E-state index contributed by atoms with van der Waals surface area (Å²) in [7, 11) is 0. The molecule has 5 heteroatoms. The highest BCUT2D eigenvalue weighted by Crippen LogP contribution is 2.44. The third kappa shape index (κ3) is 3.83. The second-order valence-electron chi connectivity index (χ2n) is 7.60. The van der Waals surface area contributed by atoms with E-state index in [2.05, 4.69) is 6.58 Å². The van der Waals surface area contributed by atoms with Crippen molar-refractivity contribution in [3.63, 3.8) is 0 Å². The molecule has 2 aromatic carbocycles. The van der Waals surface area contributed by atoms with Crippen LogP contribution in [0, 0.1) is 0 Å². The van der Waals surface area contributed by atoms with Gasteiger partial charge in [-0.1, -0.05) is 62.4 Å². The molecule has 2 unspecified atom stereocenters. The Hall–Kier alpha value is -1.85. The van der Waals surface area contributed by atoms with E-state index in [1.165, 1.54) is 6.92 Å². The van der Waals surface area contributed by atoms with Crippen molar-refractivity contribution in [3.05, 3.63) is 54.1 Å². The number of alkyl halides is 3. The molecule has 1 N–H and O–H groups in total. The summed E-state index contributed by atoms with van der Waals surface area (Å²) in [6, 6.07) is 11.7. The number of fused-ring (bicyclic) bond motifs is 1. The van der Waals surface area contributed by atoms with E-state index in [9.17, 15) is 18.3 Å². The van der Waals surface area contributed by atoms with Gasteiger partial charge in [-0.05, 0) is 55.5 Å². The number of benzene rings is 2. The van der Waals surface area contributed by atoms with Crippen LogP contribution in [0.2, 0.25) is 0 Å². The van der Waals surface area contributed by atoms with Crippen molar-refractivity contribution in [2.24, 2.45) is 0 Å². The summed E-state index contributed by atoms with van der Waals surface area (Å²) in [6.45, 7) is 11.8. The molecule has 0 bridgehead atoms. The van der Waals surface area contributed by atoms with Gasteiger partial charge in [-0.15, -0.1) is 0 Å². The van der Waals surface area contributed by atoms with Crippen LogP contribution < -0.4 is 0 Å². The predicted molar refractivity (Wildman–Crippen MR) is 108 cm³/mol. The Labute approximate surface area is 165 Å². The van der Waals surface area contributed by atoms with Crippen LogP contribution in [-0.2, 0) is 10.3 Å². The van der Waals surface area contributed by atoms with E-state index in [4.69, 9.17) is 4.74 Å². The Morgan fingerprint density at radius 1 is 1.11 bits per heavy atom. The second-order valence-corrected chi connectivity index (χ2v) is 7.60. The zero-order chi connectivity index (χ0) is 21.3. The zero-order valence-electron chi connectivity index (χ0n) is 17.2. The highest BCUT2D eigenvalue weighted by molar-refractivity contribution is 5.94. The fraction of sp³-hybridized carbons (Fsp3) is 0.478. The molecule has 28 heavy (non-hydrogen) atoms. The number of aliphatic hydroxyl groups is 1. The third-order valence-corrected chi connectivity index (χ3v) is 5.76. The lowest BCUT2D eigenvalue weighted by molar-refractivity contribution is -0.301. The highest BCUT2D eigenvalue weighted by atomic mass is 19.4. The maximum absolute atomic E-state index is 13.3. The van der Waals surface area contributed by atoms with Gasteiger partial charge in [0.2, 0.25) is 0 Å². The van der Waals surface area contributed by atoms with Crippen LogP contribution >= 0.6 is 0 Å². The first-order valence-electron chi connectivity index (χ1n) is 9.56. The van der Waals surface area contributed by atoms with Crippen LogP contribution in [0.25, 0.3) is 16.3 Å². The van der Waals surface area contributed by atoms with Crippen LogP contribution in [0.3, 0.4) is 0 Å². The van der Waals surface area contributed by atoms with E-state index in [-0.39, 0.29) is 0 Å². The molecular formula is C23H29F3O2. The second kappa shape index (κ2) is 7.88.